The van der Waals surface area contributed by atoms with Crippen LogP contribution in [0.5, 0.6) is 5.75 Å². The molecule has 27 heavy (non-hydrogen) atoms. The van der Waals surface area contributed by atoms with Gasteiger partial charge in [0, 0.05) is 32.4 Å². The number of benzene rings is 1. The summed E-state index contributed by atoms with van der Waals surface area (Å²) >= 11 is 0. The molecule has 0 radical (unpaired) electrons. The standard InChI is InChI=1S/C21H25N3O3/c1-2-5-17-7-9-18(10-8-17)27-16-20(25)23-12-14-24(15-13-23)21(26)19-6-3-4-11-22-19/h3-4,6-11H,2,5,12-16H2,1H3. The molecule has 1 aromatic carbocycles. The van der Waals surface area contributed by atoms with E-state index in [1.807, 2.05) is 24.3 Å². The highest BCUT2D eigenvalue weighted by Crippen LogP contribution is 2.14. The molecular formula is C21H25N3O3. The molecule has 3 rings (SSSR count). The quantitative estimate of drug-likeness (QED) is 0.787. The highest BCUT2D eigenvalue weighted by molar-refractivity contribution is 5.92. The normalized spacial score (nSPS) is 14.1. The Balaban J connectivity index is 1.45. The summed E-state index contributed by atoms with van der Waals surface area (Å²) in [5.74, 6) is 0.552. The van der Waals surface area contributed by atoms with Gasteiger partial charge >= 0.3 is 0 Å². The number of amides is 2. The van der Waals surface area contributed by atoms with Gasteiger partial charge < -0.3 is 14.5 Å². The van der Waals surface area contributed by atoms with Crippen molar-refractivity contribution in [1.82, 2.24) is 14.8 Å². The van der Waals surface area contributed by atoms with Crippen molar-refractivity contribution in [2.45, 2.75) is 19.8 Å². The predicted octanol–water partition coefficient (Wildman–Crippen LogP) is 2.40. The van der Waals surface area contributed by atoms with Gasteiger partial charge in [0.15, 0.2) is 6.61 Å². The lowest BCUT2D eigenvalue weighted by Crippen LogP contribution is -2.51. The molecule has 1 fully saturated rings. The zero-order valence-electron chi connectivity index (χ0n) is 15.6. The van der Waals surface area contributed by atoms with E-state index >= 15 is 0 Å². The second-order valence-corrected chi connectivity index (χ2v) is 6.57. The minimum absolute atomic E-state index is 0.0152. The second-order valence-electron chi connectivity index (χ2n) is 6.57. The predicted molar refractivity (Wildman–Crippen MR) is 103 cm³/mol. The van der Waals surface area contributed by atoms with Gasteiger partial charge in [-0.1, -0.05) is 31.5 Å². The van der Waals surface area contributed by atoms with E-state index in [0.717, 1.165) is 12.8 Å². The Hall–Kier alpha value is -2.89. The topological polar surface area (TPSA) is 62.7 Å². The number of piperazine rings is 1. The first-order valence-electron chi connectivity index (χ1n) is 9.37. The van der Waals surface area contributed by atoms with Crippen LogP contribution >= 0.6 is 0 Å². The fourth-order valence-corrected chi connectivity index (χ4v) is 3.09. The molecule has 0 N–H and O–H groups in total. The number of carbonyl (C=O) groups excluding carboxylic acids is 2. The van der Waals surface area contributed by atoms with Crippen LogP contribution in [0.1, 0.15) is 29.4 Å². The zero-order valence-corrected chi connectivity index (χ0v) is 15.6. The number of aryl methyl sites for hydroxylation is 1. The number of pyridine rings is 1. The van der Waals surface area contributed by atoms with Crippen LogP contribution in [0.4, 0.5) is 0 Å². The van der Waals surface area contributed by atoms with Crippen molar-refractivity contribution in [3.63, 3.8) is 0 Å². The highest BCUT2D eigenvalue weighted by atomic mass is 16.5. The van der Waals surface area contributed by atoms with Gasteiger partial charge in [-0.05, 0) is 36.2 Å². The number of hydrogen-bond donors (Lipinski definition) is 0. The summed E-state index contributed by atoms with van der Waals surface area (Å²) in [5.41, 5.74) is 1.71. The Kier molecular flexibility index (Phi) is 6.41. The van der Waals surface area contributed by atoms with Crippen LogP contribution < -0.4 is 4.74 Å². The molecule has 1 saturated heterocycles. The molecule has 1 aliphatic rings. The minimum atomic E-state index is -0.0916. The van der Waals surface area contributed by atoms with Gasteiger partial charge in [-0.15, -0.1) is 0 Å². The maximum absolute atomic E-state index is 12.4. The Bertz CT molecular complexity index is 754. The van der Waals surface area contributed by atoms with E-state index in [-0.39, 0.29) is 18.4 Å². The number of nitrogens with zero attached hydrogens (tertiary/aromatic N) is 3. The summed E-state index contributed by atoms with van der Waals surface area (Å²) in [7, 11) is 0. The molecule has 0 unspecified atom stereocenters. The van der Waals surface area contributed by atoms with Gasteiger partial charge in [0.2, 0.25) is 0 Å². The Morgan fingerprint density at radius 3 is 2.33 bits per heavy atom. The molecule has 2 heterocycles. The van der Waals surface area contributed by atoms with Crippen molar-refractivity contribution in [2.75, 3.05) is 32.8 Å². The van der Waals surface area contributed by atoms with E-state index in [1.54, 1.807) is 34.2 Å². The van der Waals surface area contributed by atoms with Crippen molar-refractivity contribution >= 4 is 11.8 Å². The number of rotatable bonds is 6. The third kappa shape index (κ3) is 5.06. The largest absolute Gasteiger partial charge is 0.484 e. The summed E-state index contributed by atoms with van der Waals surface area (Å²) in [4.78, 5) is 32.3. The highest BCUT2D eigenvalue weighted by Gasteiger charge is 2.25. The minimum Gasteiger partial charge on any atom is -0.484 e. The number of ether oxygens (including phenoxy) is 1. The molecule has 1 aromatic heterocycles. The lowest BCUT2D eigenvalue weighted by Gasteiger charge is -2.34. The molecule has 1 aliphatic heterocycles. The van der Waals surface area contributed by atoms with Gasteiger partial charge in [-0.3, -0.25) is 14.6 Å². The SMILES string of the molecule is CCCc1ccc(OCC(=O)N2CCN(C(=O)c3ccccn3)CC2)cc1. The van der Waals surface area contributed by atoms with E-state index in [4.69, 9.17) is 4.74 Å². The molecule has 0 aliphatic carbocycles. The Labute approximate surface area is 159 Å². The van der Waals surface area contributed by atoms with E-state index in [0.29, 0.717) is 37.6 Å². The summed E-state index contributed by atoms with van der Waals surface area (Å²) < 4.78 is 5.62. The molecule has 0 saturated carbocycles. The van der Waals surface area contributed by atoms with Crippen molar-refractivity contribution in [1.29, 1.82) is 0 Å². The zero-order chi connectivity index (χ0) is 19.1. The fraction of sp³-hybridized carbons (Fsp3) is 0.381. The molecule has 2 aromatic rings. The fourth-order valence-electron chi connectivity index (χ4n) is 3.09. The number of aromatic nitrogens is 1. The van der Waals surface area contributed by atoms with Gasteiger partial charge in [0.1, 0.15) is 11.4 Å². The van der Waals surface area contributed by atoms with Crippen molar-refractivity contribution in [3.8, 4) is 5.75 Å². The first-order valence-corrected chi connectivity index (χ1v) is 9.37. The van der Waals surface area contributed by atoms with Crippen LogP contribution in [0, 0.1) is 0 Å². The smallest absolute Gasteiger partial charge is 0.272 e. The van der Waals surface area contributed by atoms with Crippen LogP contribution in [0.15, 0.2) is 48.7 Å². The van der Waals surface area contributed by atoms with Gasteiger partial charge in [-0.25, -0.2) is 0 Å². The molecule has 6 nitrogen and oxygen atoms in total. The molecule has 0 spiro atoms. The molecule has 6 heteroatoms. The van der Waals surface area contributed by atoms with E-state index in [2.05, 4.69) is 11.9 Å². The van der Waals surface area contributed by atoms with Crippen LogP contribution in [0.2, 0.25) is 0 Å². The summed E-state index contributed by atoms with van der Waals surface area (Å²) in [6, 6.07) is 13.2. The lowest BCUT2D eigenvalue weighted by atomic mass is 10.1. The van der Waals surface area contributed by atoms with Crippen LogP contribution in [-0.4, -0.2) is 59.4 Å². The number of hydrogen-bond acceptors (Lipinski definition) is 4. The van der Waals surface area contributed by atoms with E-state index < -0.39 is 0 Å². The van der Waals surface area contributed by atoms with Gasteiger partial charge in [0.05, 0.1) is 0 Å². The lowest BCUT2D eigenvalue weighted by molar-refractivity contribution is -0.134. The summed E-state index contributed by atoms with van der Waals surface area (Å²) in [6.45, 7) is 4.19. The average Bonchev–Trinajstić information content (AvgIpc) is 2.73. The van der Waals surface area contributed by atoms with Gasteiger partial charge in [-0.2, -0.15) is 0 Å². The van der Waals surface area contributed by atoms with Crippen molar-refractivity contribution < 1.29 is 14.3 Å². The summed E-state index contributed by atoms with van der Waals surface area (Å²) in [6.07, 6.45) is 3.76. The van der Waals surface area contributed by atoms with Gasteiger partial charge in [0.25, 0.3) is 11.8 Å². The third-order valence-electron chi connectivity index (χ3n) is 4.63. The van der Waals surface area contributed by atoms with Crippen LogP contribution in [0.3, 0.4) is 0 Å². The monoisotopic (exact) mass is 367 g/mol. The molecule has 0 atom stereocenters. The maximum atomic E-state index is 12.4. The average molecular weight is 367 g/mol. The third-order valence-corrected chi connectivity index (χ3v) is 4.63. The molecular weight excluding hydrogens is 342 g/mol. The van der Waals surface area contributed by atoms with E-state index in [9.17, 15) is 9.59 Å². The van der Waals surface area contributed by atoms with Crippen LogP contribution in [-0.2, 0) is 11.2 Å². The Morgan fingerprint density at radius 2 is 1.70 bits per heavy atom. The summed E-state index contributed by atoms with van der Waals surface area (Å²) in [5, 5.41) is 0. The first kappa shape index (κ1) is 18.9. The first-order chi connectivity index (χ1) is 13.2. The van der Waals surface area contributed by atoms with E-state index in [1.165, 1.54) is 5.56 Å². The molecule has 0 bridgehead atoms. The second kappa shape index (κ2) is 9.16. The Morgan fingerprint density at radius 1 is 1.00 bits per heavy atom. The van der Waals surface area contributed by atoms with Crippen molar-refractivity contribution in [2.24, 2.45) is 0 Å². The van der Waals surface area contributed by atoms with Crippen LogP contribution in [0.25, 0.3) is 0 Å². The molecule has 2 amide bonds. The maximum Gasteiger partial charge on any atom is 0.272 e. The number of carbonyl (C=O) groups is 2. The molecule has 142 valence electrons. The van der Waals surface area contributed by atoms with Crippen molar-refractivity contribution in [3.05, 3.63) is 59.9 Å².